The average Bonchev–Trinajstić information content (AvgIpc) is 3.99. The van der Waals surface area contributed by atoms with Crippen molar-refractivity contribution >= 4 is 81.0 Å². The number of carbonyl (C=O) groups excluding carboxylic acids is 2. The molecule has 6 atom stereocenters. The summed E-state index contributed by atoms with van der Waals surface area (Å²) in [6, 6.07) is 12.2. The van der Waals surface area contributed by atoms with Crippen LogP contribution >= 0.6 is 23.5 Å². The summed E-state index contributed by atoms with van der Waals surface area (Å²) in [5.74, 6) is -1.29. The number of ether oxygens (including phenoxy) is 3. The molecule has 0 bridgehead atoms. The molecule has 0 spiro atoms. The van der Waals surface area contributed by atoms with Crippen molar-refractivity contribution in [1.29, 1.82) is 0 Å². The highest BCUT2D eigenvalue weighted by atomic mass is 31.3. The normalized spacial score (nSPS) is 21.3. The first-order valence-electron chi connectivity index (χ1n) is 25.1. The number of benzene rings is 3. The number of nitrogens with zero attached hydrogens (tertiary/aromatic N) is 5. The number of aliphatic hydroxyl groups is 1. The molecule has 3 aromatic carbocycles. The highest BCUT2D eigenvalue weighted by Gasteiger charge is 2.50. The number of H-pyrrole nitrogens is 1. The van der Waals surface area contributed by atoms with Crippen molar-refractivity contribution in [2.45, 2.75) is 91.0 Å². The number of carboxylic acid groups (broad SMARTS) is 1. The Labute approximate surface area is 460 Å². The summed E-state index contributed by atoms with van der Waals surface area (Å²) < 4.78 is 69.2. The zero-order chi connectivity index (χ0) is 59.1. The molecule has 1 fully saturated rings. The molecular weight excluding hydrogens is 1120 g/mol. The molecule has 4 aliphatic rings. The van der Waals surface area contributed by atoms with Crippen LogP contribution in [0.5, 0.6) is 11.5 Å². The number of aliphatic hydroxyl groups excluding tert-OH is 1. The van der Waals surface area contributed by atoms with Gasteiger partial charge in [0.05, 0.1) is 30.1 Å². The predicted molar refractivity (Wildman–Crippen MR) is 290 cm³/mol. The fourth-order valence-electron chi connectivity index (χ4n) is 11.0. The van der Waals surface area contributed by atoms with E-state index in [9.17, 15) is 52.9 Å². The number of nitrogens with two attached hydrogens (primary N) is 1. The first kappa shape index (κ1) is 58.7. The third-order valence-corrected chi connectivity index (χ3v) is 17.9. The molecule has 2 unspecified atom stereocenters. The van der Waals surface area contributed by atoms with Crippen molar-refractivity contribution < 1.29 is 85.2 Å². The van der Waals surface area contributed by atoms with Crippen LogP contribution < -0.4 is 46.7 Å². The number of alkyl carbamates (subject to hydrolysis) is 1. The summed E-state index contributed by atoms with van der Waals surface area (Å²) in [7, 11) is -17.4. The Morgan fingerprint density at radius 1 is 0.889 bits per heavy atom. The molecule has 0 aliphatic carbocycles. The van der Waals surface area contributed by atoms with E-state index < -0.39 is 78.1 Å². The molecule has 31 heteroatoms. The largest absolute Gasteiger partial charge is 0.490 e. The lowest BCUT2D eigenvalue weighted by Gasteiger charge is -2.43. The smallest absolute Gasteiger partial charge is 0.478 e. The third-order valence-electron chi connectivity index (χ3n) is 14.1. The number of hydrogen-bond acceptors (Lipinski definition) is 18. The highest BCUT2D eigenvalue weighted by Crippen LogP contribution is 2.66. The molecule has 0 saturated carbocycles. The molecule has 9 rings (SSSR count). The van der Waals surface area contributed by atoms with Gasteiger partial charge in [0.15, 0.2) is 29.0 Å². The van der Waals surface area contributed by atoms with Crippen LogP contribution in [0, 0.1) is 0 Å². The van der Waals surface area contributed by atoms with Gasteiger partial charge in [0.25, 0.3) is 11.5 Å². The van der Waals surface area contributed by atoms with E-state index >= 15 is 0 Å². The molecule has 432 valence electrons. The van der Waals surface area contributed by atoms with Crippen LogP contribution in [0.1, 0.15) is 105 Å². The number of aromatic carboxylic acids is 1. The van der Waals surface area contributed by atoms with Crippen LogP contribution in [-0.2, 0) is 36.3 Å². The number of hydrogen-bond donors (Lipinski definition) is 10. The lowest BCUT2D eigenvalue weighted by Crippen LogP contribution is -2.49. The summed E-state index contributed by atoms with van der Waals surface area (Å²) in [6.07, 6.45) is -3.01. The van der Waals surface area contributed by atoms with Crippen LogP contribution in [-0.4, -0.2) is 129 Å². The summed E-state index contributed by atoms with van der Waals surface area (Å²) in [5, 5.41) is 28.9. The molecule has 5 aromatic rings. The molecule has 4 aliphatic heterocycles. The summed E-state index contributed by atoms with van der Waals surface area (Å²) in [6.45, 7) is 16.4. The SMILES string of the molecule is CCN1c2cc3c(cc2C(C)=CC1(C)C)C(c1cc(C(=O)NCCNC(=O)O[C@@H]2[C@H](O)[C@@H](COP(=O)(O)OP(=O)(O)OP(=O)(O)O)O[C@H]2n2cnc4c(=O)[nH]c(N)nc42)ccc1C(=O)O)=c1cc2c(cc1O3)=[N+](CC)C(C)(C)C=C2C. The second kappa shape index (κ2) is 21.5. The van der Waals surface area contributed by atoms with Crippen LogP contribution in [0.15, 0.2) is 65.7 Å². The van der Waals surface area contributed by atoms with Gasteiger partial charge in [-0.2, -0.15) is 13.6 Å². The highest BCUT2D eigenvalue weighted by molar-refractivity contribution is 7.66. The molecule has 81 heavy (non-hydrogen) atoms. The lowest BCUT2D eigenvalue weighted by molar-refractivity contribution is -0.0522. The maximum Gasteiger partial charge on any atom is 0.490 e. The predicted octanol–water partition coefficient (Wildman–Crippen LogP) is 3.61. The van der Waals surface area contributed by atoms with Gasteiger partial charge in [-0.05, 0) is 94.7 Å². The van der Waals surface area contributed by atoms with Gasteiger partial charge in [-0.25, -0.2) is 32.8 Å². The zero-order valence-corrected chi connectivity index (χ0v) is 47.4. The van der Waals surface area contributed by atoms with Crippen molar-refractivity contribution in [1.82, 2.24) is 34.7 Å². The maximum atomic E-state index is 14.1. The number of likely N-dealkylation sites (N-methyl/N-ethyl adjacent to an activating group) is 2. The number of amides is 2. The van der Waals surface area contributed by atoms with Gasteiger partial charge in [0, 0.05) is 78.3 Å². The molecule has 6 heterocycles. The van der Waals surface area contributed by atoms with E-state index in [0.29, 0.717) is 40.9 Å². The molecule has 2 amide bonds. The molecule has 0 radical (unpaired) electrons. The van der Waals surface area contributed by atoms with Crippen molar-refractivity contribution in [3.8, 4) is 11.5 Å². The minimum atomic E-state index is -5.93. The van der Waals surface area contributed by atoms with E-state index in [4.69, 9.17) is 29.7 Å². The van der Waals surface area contributed by atoms with Crippen LogP contribution in [0.25, 0.3) is 27.9 Å². The number of allylic oxidation sites excluding steroid dienone is 2. The maximum absolute atomic E-state index is 14.1. The molecule has 11 N–H and O–H groups in total. The number of imidazole rings is 1. The summed E-state index contributed by atoms with van der Waals surface area (Å²) in [4.78, 5) is 103. The van der Waals surface area contributed by atoms with Gasteiger partial charge in [-0.3, -0.25) is 23.7 Å². The minimum Gasteiger partial charge on any atom is -0.478 e. The van der Waals surface area contributed by atoms with Gasteiger partial charge in [0.2, 0.25) is 11.3 Å². The number of anilines is 2. The van der Waals surface area contributed by atoms with E-state index in [0.717, 1.165) is 44.2 Å². The van der Waals surface area contributed by atoms with Crippen LogP contribution in [0.3, 0.4) is 0 Å². The van der Waals surface area contributed by atoms with Gasteiger partial charge in [0.1, 0.15) is 30.3 Å². The number of phosphoric ester groups is 1. The number of rotatable bonds is 17. The number of carbonyl (C=O) groups is 3. The van der Waals surface area contributed by atoms with Gasteiger partial charge in [-0.1, -0.05) is 6.08 Å². The number of aromatic amines is 1. The monoisotopic (exact) mass is 1180 g/mol. The van der Waals surface area contributed by atoms with Crippen molar-refractivity contribution in [2.24, 2.45) is 0 Å². The number of carboxylic acids is 1. The van der Waals surface area contributed by atoms with E-state index in [-0.39, 0.29) is 58.0 Å². The third kappa shape index (κ3) is 11.7. The van der Waals surface area contributed by atoms with Crippen LogP contribution in [0.4, 0.5) is 16.4 Å². The second-order valence-corrected chi connectivity index (χ2v) is 24.9. The Hall–Kier alpha value is -6.90. The number of nitrogen functional groups attached to an aromatic ring is 1. The number of fused-ring (bicyclic) bond motifs is 5. The first-order chi connectivity index (χ1) is 37.8. The van der Waals surface area contributed by atoms with Crippen LogP contribution in [0.2, 0.25) is 0 Å². The Morgan fingerprint density at radius 3 is 2.27 bits per heavy atom. The average molecular weight is 1180 g/mol. The Balaban J connectivity index is 0.985. The second-order valence-electron chi connectivity index (χ2n) is 20.5. The number of nitrogens with one attached hydrogen (secondary N) is 3. The Morgan fingerprint density at radius 2 is 1.59 bits per heavy atom. The van der Waals surface area contributed by atoms with E-state index in [1.165, 1.54) is 18.2 Å². The zero-order valence-electron chi connectivity index (χ0n) is 44.8. The fraction of sp³-hybridized carbons (Fsp3) is 0.380. The van der Waals surface area contributed by atoms with Crippen molar-refractivity contribution in [2.75, 3.05) is 43.4 Å². The lowest BCUT2D eigenvalue weighted by atomic mass is 9.83. The first-order valence-corrected chi connectivity index (χ1v) is 29.7. The quantitative estimate of drug-likeness (QED) is 0.0354. The Bertz CT molecular complexity index is 3890. The van der Waals surface area contributed by atoms with Crippen molar-refractivity contribution in [3.63, 3.8) is 0 Å². The molecule has 28 nitrogen and oxygen atoms in total. The Kier molecular flexibility index (Phi) is 15.6. The molecular formula is C50H59N9O19P3+. The fourth-order valence-corrected chi connectivity index (χ4v) is 14.0. The van der Waals surface area contributed by atoms with Gasteiger partial charge < -0.3 is 65.3 Å². The topological polar surface area (TPSA) is 399 Å². The molecule has 2 aromatic heterocycles. The summed E-state index contributed by atoms with van der Waals surface area (Å²) in [5.41, 5.74) is 9.95. The van der Waals surface area contributed by atoms with Crippen molar-refractivity contribution in [3.05, 3.63) is 115 Å². The van der Waals surface area contributed by atoms with Gasteiger partial charge in [-0.15, -0.1) is 0 Å². The van der Waals surface area contributed by atoms with E-state index in [2.05, 4.69) is 102 Å². The van der Waals surface area contributed by atoms with Gasteiger partial charge >= 0.3 is 35.5 Å². The minimum absolute atomic E-state index is 0.0671. The summed E-state index contributed by atoms with van der Waals surface area (Å²) >= 11 is 0. The molecule has 1 saturated heterocycles. The number of aromatic nitrogens is 4. The van der Waals surface area contributed by atoms with E-state index in [1.54, 1.807) is 0 Å². The van der Waals surface area contributed by atoms with E-state index in [1.807, 2.05) is 38.1 Å². The number of phosphoric acid groups is 3. The standard InChI is InChI=1S/C50H58N9O19P3/c1-9-58-33-18-35-31(16-28(33)24(3)20-49(58,5)6)38(32-17-29-25(4)21-50(7,8)59(10-2)34(29)19-36(32)74-35)30-15-26(11-12-27(30)46(63)64)43(61)52-13-14-53-48(65)76-41-40(60)37(22-73-80(69,70)78-81(71,72)77-79(66,67)68)75-45(41)57-23-54-39-42(57)55-47(51)56-44(39)62/h11-12,15-21,23,37,40-41,45,60H,9-10,13-14,22H2,1-8H3,(H9-,51,52,53,55,56,61,62,63,64,65,66,67,68,69,70,71,72)/p+1/t37-,40-,41-,45-/m1/s1.